The molecule has 0 aromatic heterocycles. The van der Waals surface area contributed by atoms with Crippen molar-refractivity contribution in [2.45, 2.75) is 39.5 Å². The molecule has 0 saturated heterocycles. The van der Waals surface area contributed by atoms with Gasteiger partial charge >= 0.3 is 0 Å². The van der Waals surface area contributed by atoms with Crippen LogP contribution in [0.1, 0.15) is 30.9 Å². The number of nitrogens with zero attached hydrogens (tertiary/aromatic N) is 1. The van der Waals surface area contributed by atoms with Crippen molar-refractivity contribution in [3.63, 3.8) is 0 Å². The van der Waals surface area contributed by atoms with Crippen LogP contribution in [0, 0.1) is 6.92 Å². The quantitative estimate of drug-likeness (QED) is 0.869. The predicted octanol–water partition coefficient (Wildman–Crippen LogP) is 2.31. The van der Waals surface area contributed by atoms with Crippen molar-refractivity contribution in [3.8, 4) is 5.75 Å². The fourth-order valence-electron chi connectivity index (χ4n) is 2.33. The fraction of sp³-hybridized carbons (Fsp3) is 0.571. The molecule has 0 fully saturated rings. The molecule has 0 aliphatic carbocycles. The molecule has 94 valence electrons. The second-order valence-corrected chi connectivity index (χ2v) is 4.67. The van der Waals surface area contributed by atoms with E-state index in [1.807, 2.05) is 0 Å². The smallest absolute Gasteiger partial charge is 0.153 e. The zero-order valence-electron chi connectivity index (χ0n) is 10.6. The van der Waals surface area contributed by atoms with Gasteiger partial charge in [-0.3, -0.25) is 4.90 Å². The summed E-state index contributed by atoms with van der Waals surface area (Å²) < 4.78 is 6.01. The molecule has 1 aliphatic heterocycles. The molecular weight excluding hydrogens is 214 g/mol. The number of benzene rings is 1. The number of hydrogen-bond acceptors (Lipinski definition) is 3. The second-order valence-electron chi connectivity index (χ2n) is 4.67. The summed E-state index contributed by atoms with van der Waals surface area (Å²) in [6, 6.07) is 6.31. The molecule has 3 nitrogen and oxygen atoms in total. The van der Waals surface area contributed by atoms with Crippen molar-refractivity contribution in [2.75, 3.05) is 13.2 Å². The first-order valence-corrected chi connectivity index (χ1v) is 6.35. The van der Waals surface area contributed by atoms with Crippen LogP contribution in [0.2, 0.25) is 0 Å². The molecule has 17 heavy (non-hydrogen) atoms. The van der Waals surface area contributed by atoms with E-state index in [9.17, 15) is 0 Å². The lowest BCUT2D eigenvalue weighted by atomic mass is 10.1. The minimum Gasteiger partial charge on any atom is -0.475 e. The maximum absolute atomic E-state index is 9.11. The van der Waals surface area contributed by atoms with Crippen LogP contribution in [-0.4, -0.2) is 29.4 Å². The molecule has 1 atom stereocenters. The van der Waals surface area contributed by atoms with E-state index in [2.05, 4.69) is 36.9 Å². The van der Waals surface area contributed by atoms with E-state index in [0.717, 1.165) is 25.1 Å². The highest BCUT2D eigenvalue weighted by Gasteiger charge is 2.26. The van der Waals surface area contributed by atoms with Gasteiger partial charge < -0.3 is 9.84 Å². The van der Waals surface area contributed by atoms with Gasteiger partial charge in [-0.15, -0.1) is 0 Å². The van der Waals surface area contributed by atoms with Crippen molar-refractivity contribution in [1.82, 2.24) is 4.90 Å². The number of fused-ring (bicyclic) bond motifs is 1. The SMILES string of the molecule is CCCC1Oc2ccc(C)cc2CN1CCO. The number of aliphatic hydroxyl groups excluding tert-OH is 1. The van der Waals surface area contributed by atoms with Gasteiger partial charge in [-0.2, -0.15) is 0 Å². The Morgan fingerprint density at radius 2 is 2.29 bits per heavy atom. The number of ether oxygens (including phenoxy) is 1. The third kappa shape index (κ3) is 2.79. The van der Waals surface area contributed by atoms with E-state index in [-0.39, 0.29) is 12.8 Å². The summed E-state index contributed by atoms with van der Waals surface area (Å²) in [5.74, 6) is 1.00. The van der Waals surface area contributed by atoms with Gasteiger partial charge in [0, 0.05) is 18.7 Å². The van der Waals surface area contributed by atoms with Crippen LogP contribution in [-0.2, 0) is 6.54 Å². The molecule has 3 heteroatoms. The minimum absolute atomic E-state index is 0.113. The van der Waals surface area contributed by atoms with E-state index in [0.29, 0.717) is 6.54 Å². The van der Waals surface area contributed by atoms with Crippen LogP contribution < -0.4 is 4.74 Å². The average Bonchev–Trinajstić information content (AvgIpc) is 2.31. The Kier molecular flexibility index (Phi) is 4.02. The summed E-state index contributed by atoms with van der Waals surface area (Å²) in [7, 11) is 0. The lowest BCUT2D eigenvalue weighted by molar-refractivity contribution is -0.0154. The summed E-state index contributed by atoms with van der Waals surface area (Å²) in [6.07, 6.45) is 2.21. The van der Waals surface area contributed by atoms with Crippen molar-refractivity contribution in [2.24, 2.45) is 0 Å². The molecule has 0 spiro atoms. The molecule has 2 rings (SSSR count). The number of rotatable bonds is 4. The maximum atomic E-state index is 9.11. The number of β-amino-alcohol motifs (C(OH)–C–C–N with tert-alkyl or cyclic N) is 1. The van der Waals surface area contributed by atoms with Gasteiger partial charge in [-0.05, 0) is 19.4 Å². The van der Waals surface area contributed by atoms with Crippen molar-refractivity contribution < 1.29 is 9.84 Å². The van der Waals surface area contributed by atoms with Gasteiger partial charge in [0.15, 0.2) is 6.23 Å². The van der Waals surface area contributed by atoms with Crippen LogP contribution in [0.15, 0.2) is 18.2 Å². The monoisotopic (exact) mass is 235 g/mol. The molecule has 1 aromatic carbocycles. The van der Waals surface area contributed by atoms with Gasteiger partial charge in [0.25, 0.3) is 0 Å². The van der Waals surface area contributed by atoms with Crippen LogP contribution >= 0.6 is 0 Å². The Morgan fingerprint density at radius 1 is 1.47 bits per heavy atom. The Hall–Kier alpha value is -1.06. The van der Waals surface area contributed by atoms with Gasteiger partial charge in [-0.25, -0.2) is 0 Å². The summed E-state index contributed by atoms with van der Waals surface area (Å²) in [5.41, 5.74) is 2.48. The highest BCUT2D eigenvalue weighted by Crippen LogP contribution is 2.30. The molecule has 1 heterocycles. The standard InChI is InChI=1S/C14H21NO2/c1-3-4-14-15(7-8-16)10-12-9-11(2)5-6-13(12)17-14/h5-6,9,14,16H,3-4,7-8,10H2,1-2H3. The zero-order chi connectivity index (χ0) is 12.3. The molecule has 0 amide bonds. The average molecular weight is 235 g/mol. The van der Waals surface area contributed by atoms with E-state index in [1.54, 1.807) is 0 Å². The van der Waals surface area contributed by atoms with Crippen molar-refractivity contribution in [3.05, 3.63) is 29.3 Å². The Morgan fingerprint density at radius 3 is 3.00 bits per heavy atom. The molecule has 0 radical (unpaired) electrons. The van der Waals surface area contributed by atoms with Crippen LogP contribution in [0.3, 0.4) is 0 Å². The molecule has 1 aliphatic rings. The lowest BCUT2D eigenvalue weighted by Gasteiger charge is -2.36. The van der Waals surface area contributed by atoms with Crippen LogP contribution in [0.25, 0.3) is 0 Å². The van der Waals surface area contributed by atoms with E-state index in [4.69, 9.17) is 9.84 Å². The van der Waals surface area contributed by atoms with E-state index < -0.39 is 0 Å². The van der Waals surface area contributed by atoms with Crippen molar-refractivity contribution >= 4 is 0 Å². The van der Waals surface area contributed by atoms with Gasteiger partial charge in [-0.1, -0.05) is 31.0 Å². The summed E-state index contributed by atoms with van der Waals surface area (Å²) in [4.78, 5) is 2.21. The fourth-order valence-corrected chi connectivity index (χ4v) is 2.33. The molecule has 0 saturated carbocycles. The highest BCUT2D eigenvalue weighted by atomic mass is 16.5. The first kappa shape index (κ1) is 12.4. The third-order valence-electron chi connectivity index (χ3n) is 3.18. The number of hydrogen-bond donors (Lipinski definition) is 1. The molecular formula is C14H21NO2. The number of aliphatic hydroxyl groups is 1. The highest BCUT2D eigenvalue weighted by molar-refractivity contribution is 5.38. The van der Waals surface area contributed by atoms with Gasteiger partial charge in [0.2, 0.25) is 0 Å². The predicted molar refractivity (Wildman–Crippen MR) is 68.0 cm³/mol. The molecule has 0 bridgehead atoms. The number of aryl methyl sites for hydroxylation is 1. The van der Waals surface area contributed by atoms with Gasteiger partial charge in [0.05, 0.1) is 6.61 Å². The van der Waals surface area contributed by atoms with E-state index >= 15 is 0 Å². The largest absolute Gasteiger partial charge is 0.475 e. The Labute approximate surface area is 103 Å². The third-order valence-corrected chi connectivity index (χ3v) is 3.18. The summed E-state index contributed by atoms with van der Waals surface area (Å²) >= 11 is 0. The minimum atomic E-state index is 0.113. The zero-order valence-corrected chi connectivity index (χ0v) is 10.6. The molecule has 1 aromatic rings. The first-order chi connectivity index (χ1) is 8.24. The second kappa shape index (κ2) is 5.52. The Bertz CT molecular complexity index is 378. The van der Waals surface area contributed by atoms with Crippen LogP contribution in [0.4, 0.5) is 0 Å². The Balaban J connectivity index is 2.20. The summed E-state index contributed by atoms with van der Waals surface area (Å²) in [5, 5.41) is 9.11. The molecule has 1 N–H and O–H groups in total. The van der Waals surface area contributed by atoms with Gasteiger partial charge in [0.1, 0.15) is 5.75 Å². The normalized spacial score (nSPS) is 19.8. The maximum Gasteiger partial charge on any atom is 0.153 e. The molecule has 1 unspecified atom stereocenters. The lowest BCUT2D eigenvalue weighted by Crippen LogP contribution is -2.43. The van der Waals surface area contributed by atoms with Crippen LogP contribution in [0.5, 0.6) is 5.75 Å². The first-order valence-electron chi connectivity index (χ1n) is 6.35. The van der Waals surface area contributed by atoms with Crippen molar-refractivity contribution in [1.29, 1.82) is 0 Å². The van der Waals surface area contributed by atoms with E-state index in [1.165, 1.54) is 11.1 Å². The summed E-state index contributed by atoms with van der Waals surface area (Å²) in [6.45, 7) is 5.99. The topological polar surface area (TPSA) is 32.7 Å².